The SMILES string of the molecule is CC(=O)Nc1ccc(CC(=O)OCC(=O)Nc2cc(Cl)cc(Cl)c2)cc1. The number of esters is 1. The molecule has 8 heteroatoms. The van der Waals surface area contributed by atoms with Gasteiger partial charge in [0.15, 0.2) is 6.61 Å². The average molecular weight is 395 g/mol. The highest BCUT2D eigenvalue weighted by atomic mass is 35.5. The van der Waals surface area contributed by atoms with Crippen molar-refractivity contribution in [3.05, 3.63) is 58.1 Å². The minimum absolute atomic E-state index is 0.0105. The van der Waals surface area contributed by atoms with E-state index in [4.69, 9.17) is 27.9 Å². The summed E-state index contributed by atoms with van der Waals surface area (Å²) >= 11 is 11.7. The summed E-state index contributed by atoms with van der Waals surface area (Å²) in [6.45, 7) is 0.987. The van der Waals surface area contributed by atoms with E-state index >= 15 is 0 Å². The van der Waals surface area contributed by atoms with Crippen LogP contribution in [0, 0.1) is 0 Å². The molecule has 0 aliphatic heterocycles. The molecule has 2 aromatic carbocycles. The van der Waals surface area contributed by atoms with E-state index in [-0.39, 0.29) is 12.3 Å². The molecule has 0 atom stereocenters. The highest BCUT2D eigenvalue weighted by Gasteiger charge is 2.10. The molecule has 2 N–H and O–H groups in total. The van der Waals surface area contributed by atoms with E-state index < -0.39 is 18.5 Å². The van der Waals surface area contributed by atoms with E-state index in [1.807, 2.05) is 0 Å². The van der Waals surface area contributed by atoms with Gasteiger partial charge in [-0.3, -0.25) is 14.4 Å². The van der Waals surface area contributed by atoms with Crippen LogP contribution in [0.2, 0.25) is 10.0 Å². The lowest BCUT2D eigenvalue weighted by Gasteiger charge is -2.08. The second-order valence-electron chi connectivity index (χ2n) is 5.42. The lowest BCUT2D eigenvalue weighted by atomic mass is 10.1. The first-order valence-electron chi connectivity index (χ1n) is 7.60. The maximum Gasteiger partial charge on any atom is 0.310 e. The van der Waals surface area contributed by atoms with Crippen LogP contribution in [0.1, 0.15) is 12.5 Å². The van der Waals surface area contributed by atoms with Gasteiger partial charge in [0.25, 0.3) is 5.91 Å². The largest absolute Gasteiger partial charge is 0.455 e. The molecule has 0 saturated carbocycles. The predicted octanol–water partition coefficient (Wildman–Crippen LogP) is 3.68. The smallest absolute Gasteiger partial charge is 0.310 e. The summed E-state index contributed by atoms with van der Waals surface area (Å²) in [5.74, 6) is -1.22. The van der Waals surface area contributed by atoms with Gasteiger partial charge in [0.05, 0.1) is 6.42 Å². The molecular formula is C18H16Cl2N2O4. The number of nitrogens with one attached hydrogen (secondary N) is 2. The highest BCUT2D eigenvalue weighted by molar-refractivity contribution is 6.35. The van der Waals surface area contributed by atoms with Crippen LogP contribution in [0.25, 0.3) is 0 Å². The predicted molar refractivity (Wildman–Crippen MR) is 101 cm³/mol. The van der Waals surface area contributed by atoms with Gasteiger partial charge in [0, 0.05) is 28.3 Å². The summed E-state index contributed by atoms with van der Waals surface area (Å²) < 4.78 is 4.95. The van der Waals surface area contributed by atoms with Gasteiger partial charge in [0.1, 0.15) is 0 Å². The van der Waals surface area contributed by atoms with Gasteiger partial charge in [-0.15, -0.1) is 0 Å². The third-order valence-electron chi connectivity index (χ3n) is 3.13. The molecule has 2 amide bonds. The lowest BCUT2D eigenvalue weighted by Crippen LogP contribution is -2.21. The molecule has 0 radical (unpaired) electrons. The maximum atomic E-state index is 11.8. The second kappa shape index (κ2) is 9.22. The fourth-order valence-electron chi connectivity index (χ4n) is 2.10. The van der Waals surface area contributed by atoms with Gasteiger partial charge in [-0.25, -0.2) is 0 Å². The quantitative estimate of drug-likeness (QED) is 0.731. The van der Waals surface area contributed by atoms with Crippen molar-refractivity contribution in [1.29, 1.82) is 0 Å². The first kappa shape index (κ1) is 19.8. The van der Waals surface area contributed by atoms with Gasteiger partial charge in [-0.05, 0) is 35.9 Å². The number of benzene rings is 2. The number of carbonyl (C=O) groups is 3. The van der Waals surface area contributed by atoms with Gasteiger partial charge < -0.3 is 15.4 Å². The van der Waals surface area contributed by atoms with Crippen molar-refractivity contribution in [2.24, 2.45) is 0 Å². The second-order valence-corrected chi connectivity index (χ2v) is 6.29. The molecule has 0 heterocycles. The Labute approximate surface area is 160 Å². The Morgan fingerprint density at radius 3 is 2.12 bits per heavy atom. The van der Waals surface area contributed by atoms with E-state index in [0.717, 1.165) is 0 Å². The number of ether oxygens (including phenoxy) is 1. The summed E-state index contributed by atoms with van der Waals surface area (Å²) in [6, 6.07) is 11.4. The van der Waals surface area contributed by atoms with Crippen LogP contribution in [0.15, 0.2) is 42.5 Å². The Morgan fingerprint density at radius 2 is 1.54 bits per heavy atom. The van der Waals surface area contributed by atoms with Gasteiger partial charge in [-0.1, -0.05) is 35.3 Å². The van der Waals surface area contributed by atoms with Crippen LogP contribution in [-0.4, -0.2) is 24.4 Å². The van der Waals surface area contributed by atoms with Crippen LogP contribution < -0.4 is 10.6 Å². The molecule has 0 aliphatic rings. The first-order chi connectivity index (χ1) is 12.3. The number of hydrogen-bond donors (Lipinski definition) is 2. The topological polar surface area (TPSA) is 84.5 Å². The average Bonchev–Trinajstić information content (AvgIpc) is 2.53. The minimum Gasteiger partial charge on any atom is -0.455 e. The number of halogens is 2. The highest BCUT2D eigenvalue weighted by Crippen LogP contribution is 2.22. The minimum atomic E-state index is -0.545. The van der Waals surface area contributed by atoms with Crippen molar-refractivity contribution in [3.63, 3.8) is 0 Å². The monoisotopic (exact) mass is 394 g/mol. The van der Waals surface area contributed by atoms with Crippen molar-refractivity contribution in [2.45, 2.75) is 13.3 Å². The number of rotatable bonds is 6. The number of carbonyl (C=O) groups excluding carboxylic acids is 3. The van der Waals surface area contributed by atoms with Crippen LogP contribution in [-0.2, 0) is 25.5 Å². The van der Waals surface area contributed by atoms with Crippen LogP contribution in [0.5, 0.6) is 0 Å². The normalized spacial score (nSPS) is 10.1. The zero-order chi connectivity index (χ0) is 19.1. The zero-order valence-corrected chi connectivity index (χ0v) is 15.4. The van der Waals surface area contributed by atoms with Crippen molar-refractivity contribution in [1.82, 2.24) is 0 Å². The Bertz CT molecular complexity index is 802. The van der Waals surface area contributed by atoms with Gasteiger partial charge in [0.2, 0.25) is 5.91 Å². The molecule has 0 bridgehead atoms. The van der Waals surface area contributed by atoms with E-state index in [2.05, 4.69) is 10.6 Å². The molecule has 0 saturated heterocycles. The summed E-state index contributed by atoms with van der Waals surface area (Å²) in [5.41, 5.74) is 1.75. The fourth-order valence-corrected chi connectivity index (χ4v) is 2.62. The molecule has 2 aromatic rings. The van der Waals surface area contributed by atoms with E-state index in [0.29, 0.717) is 27.0 Å². The molecule has 136 valence electrons. The first-order valence-corrected chi connectivity index (χ1v) is 8.35. The van der Waals surface area contributed by atoms with Crippen LogP contribution in [0.3, 0.4) is 0 Å². The summed E-state index contributed by atoms with van der Waals surface area (Å²) in [4.78, 5) is 34.6. The molecule has 0 unspecified atom stereocenters. The molecule has 0 aliphatic carbocycles. The molecule has 0 fully saturated rings. The Kier molecular flexibility index (Phi) is 7.00. The number of amides is 2. The Balaban J connectivity index is 1.80. The summed E-state index contributed by atoms with van der Waals surface area (Å²) in [7, 11) is 0. The standard InChI is InChI=1S/C18H16Cl2N2O4/c1-11(23)21-15-4-2-12(3-5-15)6-18(25)26-10-17(24)22-16-8-13(19)7-14(20)9-16/h2-5,7-9H,6,10H2,1H3,(H,21,23)(H,22,24). The zero-order valence-electron chi connectivity index (χ0n) is 13.8. The summed E-state index contributed by atoms with van der Waals surface area (Å²) in [6.07, 6.45) is 0.0105. The maximum absolute atomic E-state index is 11.8. The molecule has 6 nitrogen and oxygen atoms in total. The van der Waals surface area contributed by atoms with Crippen molar-refractivity contribution < 1.29 is 19.1 Å². The van der Waals surface area contributed by atoms with Gasteiger partial charge in [-0.2, -0.15) is 0 Å². The van der Waals surface area contributed by atoms with Crippen molar-refractivity contribution in [3.8, 4) is 0 Å². The van der Waals surface area contributed by atoms with Crippen LogP contribution in [0.4, 0.5) is 11.4 Å². The molecule has 0 spiro atoms. The molecule has 26 heavy (non-hydrogen) atoms. The number of anilines is 2. The Hall–Kier alpha value is -2.57. The van der Waals surface area contributed by atoms with Crippen LogP contribution >= 0.6 is 23.2 Å². The van der Waals surface area contributed by atoms with Crippen molar-refractivity contribution >= 4 is 52.4 Å². The Morgan fingerprint density at radius 1 is 0.923 bits per heavy atom. The molecular weight excluding hydrogens is 379 g/mol. The third-order valence-corrected chi connectivity index (χ3v) is 3.57. The third kappa shape index (κ3) is 6.74. The number of hydrogen-bond acceptors (Lipinski definition) is 4. The summed E-state index contributed by atoms with van der Waals surface area (Å²) in [5, 5.41) is 5.94. The fraction of sp³-hybridized carbons (Fsp3) is 0.167. The molecule has 2 rings (SSSR count). The van der Waals surface area contributed by atoms with E-state index in [9.17, 15) is 14.4 Å². The molecule has 0 aromatic heterocycles. The van der Waals surface area contributed by atoms with E-state index in [1.165, 1.54) is 25.1 Å². The van der Waals surface area contributed by atoms with Crippen molar-refractivity contribution in [2.75, 3.05) is 17.2 Å². The lowest BCUT2D eigenvalue weighted by molar-refractivity contribution is -0.146. The van der Waals surface area contributed by atoms with Gasteiger partial charge >= 0.3 is 5.97 Å². The van der Waals surface area contributed by atoms with E-state index in [1.54, 1.807) is 24.3 Å².